The van der Waals surface area contributed by atoms with Gasteiger partial charge in [-0.05, 0) is 26.7 Å². The van der Waals surface area contributed by atoms with Crippen molar-refractivity contribution in [3.63, 3.8) is 0 Å². The van der Waals surface area contributed by atoms with Gasteiger partial charge in [0.1, 0.15) is 5.52 Å². The first-order valence-corrected chi connectivity index (χ1v) is 6.62. The van der Waals surface area contributed by atoms with Crippen LogP contribution in [0.1, 0.15) is 46.2 Å². The van der Waals surface area contributed by atoms with E-state index in [2.05, 4.69) is 42.3 Å². The maximum atomic E-state index is 6.10. The smallest absolute Gasteiger partial charge is 0.203 e. The predicted octanol–water partition coefficient (Wildman–Crippen LogP) is 2.45. The molecule has 0 saturated heterocycles. The SMILES string of the molecule is CCCc1nn(C)c2c1nc(N)n2C(C)(C)CC. The summed E-state index contributed by atoms with van der Waals surface area (Å²) in [4.78, 5) is 4.52. The molecular formula is C13H23N5. The molecule has 2 rings (SSSR count). The Labute approximate surface area is 108 Å². The number of rotatable bonds is 4. The van der Waals surface area contributed by atoms with E-state index < -0.39 is 0 Å². The first-order chi connectivity index (χ1) is 8.42. The molecule has 0 radical (unpaired) electrons. The highest BCUT2D eigenvalue weighted by Gasteiger charge is 2.26. The van der Waals surface area contributed by atoms with Crippen LogP contribution in [0.15, 0.2) is 0 Å². The molecule has 0 atom stereocenters. The molecule has 2 aromatic rings. The second-order valence-corrected chi connectivity index (χ2v) is 5.46. The van der Waals surface area contributed by atoms with Crippen molar-refractivity contribution in [3.05, 3.63) is 5.69 Å². The van der Waals surface area contributed by atoms with Crippen molar-refractivity contribution in [2.24, 2.45) is 7.05 Å². The highest BCUT2D eigenvalue weighted by Crippen LogP contribution is 2.30. The van der Waals surface area contributed by atoms with Crippen LogP contribution < -0.4 is 5.73 Å². The van der Waals surface area contributed by atoms with Gasteiger partial charge in [0.05, 0.1) is 5.69 Å². The lowest BCUT2D eigenvalue weighted by atomic mass is 10.0. The van der Waals surface area contributed by atoms with Crippen molar-refractivity contribution in [1.29, 1.82) is 0 Å². The van der Waals surface area contributed by atoms with E-state index >= 15 is 0 Å². The molecule has 0 spiro atoms. The Balaban J connectivity index is 2.72. The summed E-state index contributed by atoms with van der Waals surface area (Å²) in [5.41, 5.74) is 9.09. The summed E-state index contributed by atoms with van der Waals surface area (Å²) in [6.07, 6.45) is 3.01. The highest BCUT2D eigenvalue weighted by atomic mass is 15.4. The van der Waals surface area contributed by atoms with Crippen LogP contribution >= 0.6 is 0 Å². The molecule has 0 amide bonds. The topological polar surface area (TPSA) is 61.7 Å². The Morgan fingerprint density at radius 2 is 1.94 bits per heavy atom. The lowest BCUT2D eigenvalue weighted by Crippen LogP contribution is -2.27. The van der Waals surface area contributed by atoms with Crippen LogP contribution in [0.25, 0.3) is 11.2 Å². The molecule has 2 heterocycles. The number of anilines is 1. The molecule has 0 unspecified atom stereocenters. The summed E-state index contributed by atoms with van der Waals surface area (Å²) >= 11 is 0. The molecule has 0 aliphatic carbocycles. The Kier molecular flexibility index (Phi) is 3.09. The molecule has 2 N–H and O–H groups in total. The first-order valence-electron chi connectivity index (χ1n) is 6.62. The number of hydrogen-bond donors (Lipinski definition) is 1. The summed E-state index contributed by atoms with van der Waals surface area (Å²) in [7, 11) is 1.96. The van der Waals surface area contributed by atoms with E-state index in [0.717, 1.165) is 36.1 Å². The monoisotopic (exact) mass is 249 g/mol. The van der Waals surface area contributed by atoms with Gasteiger partial charge in [-0.1, -0.05) is 20.3 Å². The summed E-state index contributed by atoms with van der Waals surface area (Å²) < 4.78 is 4.01. The molecule has 100 valence electrons. The molecule has 5 nitrogen and oxygen atoms in total. The fourth-order valence-corrected chi connectivity index (χ4v) is 2.36. The van der Waals surface area contributed by atoms with Crippen LogP contribution in [-0.2, 0) is 19.0 Å². The summed E-state index contributed by atoms with van der Waals surface area (Å²) in [6.45, 7) is 8.67. The van der Waals surface area contributed by atoms with E-state index in [1.807, 2.05) is 11.7 Å². The molecule has 18 heavy (non-hydrogen) atoms. The largest absolute Gasteiger partial charge is 0.369 e. The fraction of sp³-hybridized carbons (Fsp3) is 0.692. The van der Waals surface area contributed by atoms with E-state index in [1.165, 1.54) is 0 Å². The predicted molar refractivity (Wildman–Crippen MR) is 74.5 cm³/mol. The second kappa shape index (κ2) is 4.30. The van der Waals surface area contributed by atoms with Crippen LogP contribution in [0.3, 0.4) is 0 Å². The second-order valence-electron chi connectivity index (χ2n) is 5.46. The van der Waals surface area contributed by atoms with Crippen molar-refractivity contribution in [2.45, 2.75) is 52.5 Å². The molecular weight excluding hydrogens is 226 g/mol. The number of nitrogens with two attached hydrogens (primary N) is 1. The van der Waals surface area contributed by atoms with Gasteiger partial charge in [0, 0.05) is 12.6 Å². The number of aryl methyl sites for hydroxylation is 2. The molecule has 2 aromatic heterocycles. The maximum absolute atomic E-state index is 6.10. The zero-order valence-corrected chi connectivity index (χ0v) is 12.0. The van der Waals surface area contributed by atoms with Gasteiger partial charge in [-0.2, -0.15) is 5.10 Å². The third-order valence-corrected chi connectivity index (χ3v) is 3.69. The normalized spacial score (nSPS) is 12.5. The minimum Gasteiger partial charge on any atom is -0.369 e. The minimum atomic E-state index is -0.0455. The number of hydrogen-bond acceptors (Lipinski definition) is 3. The third kappa shape index (κ3) is 1.78. The molecule has 0 aliphatic heterocycles. The number of aromatic nitrogens is 4. The van der Waals surface area contributed by atoms with Gasteiger partial charge in [0.15, 0.2) is 5.65 Å². The third-order valence-electron chi connectivity index (χ3n) is 3.69. The molecule has 0 aliphatic rings. The van der Waals surface area contributed by atoms with Gasteiger partial charge in [-0.25, -0.2) is 4.98 Å². The van der Waals surface area contributed by atoms with Gasteiger partial charge in [0.2, 0.25) is 5.95 Å². The van der Waals surface area contributed by atoms with Crippen LogP contribution in [0, 0.1) is 0 Å². The van der Waals surface area contributed by atoms with Crippen LogP contribution in [0.2, 0.25) is 0 Å². The number of nitrogen functional groups attached to an aromatic ring is 1. The standard InChI is InChI=1S/C13H23N5/c1-6-8-9-10-11(17(5)16-9)18(12(14)15-10)13(3,4)7-2/h6-8H2,1-5H3,(H2,14,15). The van der Waals surface area contributed by atoms with Crippen LogP contribution in [0.5, 0.6) is 0 Å². The average Bonchev–Trinajstić information content (AvgIpc) is 2.78. The first kappa shape index (κ1) is 12.9. The van der Waals surface area contributed by atoms with Crippen LogP contribution in [-0.4, -0.2) is 19.3 Å². The Morgan fingerprint density at radius 1 is 1.28 bits per heavy atom. The molecule has 0 saturated carbocycles. The molecule has 0 bridgehead atoms. The highest BCUT2D eigenvalue weighted by molar-refractivity contribution is 5.78. The van der Waals surface area contributed by atoms with Gasteiger partial charge in [-0.3, -0.25) is 9.25 Å². The summed E-state index contributed by atoms with van der Waals surface area (Å²) in [6, 6.07) is 0. The van der Waals surface area contributed by atoms with Crippen molar-refractivity contribution in [3.8, 4) is 0 Å². The molecule has 0 aromatic carbocycles. The lowest BCUT2D eigenvalue weighted by molar-refractivity contribution is 0.352. The zero-order valence-electron chi connectivity index (χ0n) is 12.0. The molecule has 0 fully saturated rings. The van der Waals surface area contributed by atoms with E-state index in [0.29, 0.717) is 5.95 Å². The Bertz CT molecular complexity index is 561. The van der Waals surface area contributed by atoms with Crippen molar-refractivity contribution in [2.75, 3.05) is 5.73 Å². The number of imidazole rings is 1. The number of fused-ring (bicyclic) bond motifs is 1. The van der Waals surface area contributed by atoms with Crippen molar-refractivity contribution < 1.29 is 0 Å². The quantitative estimate of drug-likeness (QED) is 0.905. The average molecular weight is 249 g/mol. The van der Waals surface area contributed by atoms with Gasteiger partial charge >= 0.3 is 0 Å². The minimum absolute atomic E-state index is 0.0455. The van der Waals surface area contributed by atoms with E-state index in [1.54, 1.807) is 0 Å². The van der Waals surface area contributed by atoms with Crippen LogP contribution in [0.4, 0.5) is 5.95 Å². The Morgan fingerprint density at radius 3 is 2.50 bits per heavy atom. The van der Waals surface area contributed by atoms with Crippen molar-refractivity contribution in [1.82, 2.24) is 19.3 Å². The molecule has 5 heteroatoms. The maximum Gasteiger partial charge on any atom is 0.203 e. The van der Waals surface area contributed by atoms with Crippen molar-refractivity contribution >= 4 is 17.1 Å². The van der Waals surface area contributed by atoms with Gasteiger partial charge < -0.3 is 5.73 Å². The number of nitrogens with zero attached hydrogens (tertiary/aromatic N) is 4. The summed E-state index contributed by atoms with van der Waals surface area (Å²) in [5, 5.41) is 4.57. The van der Waals surface area contributed by atoms with E-state index in [9.17, 15) is 0 Å². The Hall–Kier alpha value is -1.52. The fourth-order valence-electron chi connectivity index (χ4n) is 2.36. The van der Waals surface area contributed by atoms with Gasteiger partial charge in [-0.15, -0.1) is 0 Å². The van der Waals surface area contributed by atoms with E-state index in [4.69, 9.17) is 5.73 Å². The summed E-state index contributed by atoms with van der Waals surface area (Å²) in [5.74, 6) is 0.585. The zero-order chi connectivity index (χ0) is 13.5. The van der Waals surface area contributed by atoms with E-state index in [-0.39, 0.29) is 5.54 Å². The lowest BCUT2D eigenvalue weighted by Gasteiger charge is -2.26. The van der Waals surface area contributed by atoms with Gasteiger partial charge in [0.25, 0.3) is 0 Å².